The number of carbonyl (C=O) groups is 1. The maximum atomic E-state index is 10.9. The predicted octanol–water partition coefficient (Wildman–Crippen LogP) is 1.78. The largest absolute Gasteiger partial charge is 0.497 e. The molecule has 1 aromatic rings. The topological polar surface area (TPSA) is 50.4 Å². The molecule has 0 aromatic heterocycles. The summed E-state index contributed by atoms with van der Waals surface area (Å²) in [6.07, 6.45) is 0. The molecule has 0 saturated heterocycles. The van der Waals surface area contributed by atoms with Gasteiger partial charge >= 0.3 is 6.03 Å². The molecule has 1 aromatic carbocycles. The fourth-order valence-electron chi connectivity index (χ4n) is 1.06. The Balaban J connectivity index is 2.66. The van der Waals surface area contributed by atoms with Crippen LogP contribution in [0.5, 0.6) is 5.75 Å². The lowest BCUT2D eigenvalue weighted by molar-refractivity contribution is 0.242. The molecule has 0 aliphatic rings. The van der Waals surface area contributed by atoms with Crippen molar-refractivity contribution in [2.24, 2.45) is 0 Å². The van der Waals surface area contributed by atoms with Crippen molar-refractivity contribution in [3.8, 4) is 5.75 Å². The van der Waals surface area contributed by atoms with Gasteiger partial charge in [0.05, 0.1) is 7.11 Å². The lowest BCUT2D eigenvalue weighted by Gasteiger charge is -2.07. The number of methoxy groups -OCH3 is 1. The number of halogens is 1. The first-order valence-corrected chi connectivity index (χ1v) is 4.83. The van der Waals surface area contributed by atoms with Crippen molar-refractivity contribution >= 4 is 17.6 Å². The van der Waals surface area contributed by atoms with Gasteiger partial charge in [-0.15, -0.1) is 0 Å². The number of ether oxygens (including phenoxy) is 1. The molecule has 0 unspecified atom stereocenters. The summed E-state index contributed by atoms with van der Waals surface area (Å²) in [6, 6.07) is 5.09. The molecule has 2 amide bonds. The molecule has 82 valence electrons. The van der Waals surface area contributed by atoms with Crippen LogP contribution in [0.4, 0.5) is 4.79 Å². The van der Waals surface area contributed by atoms with Crippen molar-refractivity contribution in [3.63, 3.8) is 0 Å². The van der Waals surface area contributed by atoms with Gasteiger partial charge in [0, 0.05) is 18.6 Å². The third-order valence-corrected chi connectivity index (χ3v) is 2.28. The zero-order valence-corrected chi connectivity index (χ0v) is 9.39. The summed E-state index contributed by atoms with van der Waals surface area (Å²) in [5.74, 6) is 0.698. The van der Waals surface area contributed by atoms with E-state index in [-0.39, 0.29) is 6.03 Å². The predicted molar refractivity (Wildman–Crippen MR) is 59.3 cm³/mol. The zero-order chi connectivity index (χ0) is 11.3. The Morgan fingerprint density at radius 3 is 2.80 bits per heavy atom. The van der Waals surface area contributed by atoms with E-state index in [2.05, 4.69) is 10.6 Å². The Morgan fingerprint density at radius 2 is 2.27 bits per heavy atom. The third kappa shape index (κ3) is 3.32. The van der Waals surface area contributed by atoms with E-state index in [1.54, 1.807) is 26.3 Å². The highest BCUT2D eigenvalue weighted by Gasteiger charge is 2.03. The molecule has 0 atom stereocenters. The van der Waals surface area contributed by atoms with Gasteiger partial charge in [-0.1, -0.05) is 17.7 Å². The number of benzene rings is 1. The number of rotatable bonds is 3. The van der Waals surface area contributed by atoms with Crippen molar-refractivity contribution in [1.82, 2.24) is 10.6 Å². The number of urea groups is 1. The Kier molecular flexibility index (Phi) is 4.24. The quantitative estimate of drug-likeness (QED) is 0.829. The Morgan fingerprint density at radius 1 is 1.53 bits per heavy atom. The van der Waals surface area contributed by atoms with E-state index in [0.717, 1.165) is 5.56 Å². The highest BCUT2D eigenvalue weighted by Crippen LogP contribution is 2.21. The van der Waals surface area contributed by atoms with Crippen LogP contribution in [0.3, 0.4) is 0 Å². The van der Waals surface area contributed by atoms with E-state index in [9.17, 15) is 4.79 Å². The molecule has 0 aliphatic carbocycles. The summed E-state index contributed by atoms with van der Waals surface area (Å²) in [6.45, 7) is 0.391. The molecule has 1 rings (SSSR count). The van der Waals surface area contributed by atoms with E-state index < -0.39 is 0 Å². The summed E-state index contributed by atoms with van der Waals surface area (Å²) < 4.78 is 5.01. The van der Waals surface area contributed by atoms with Gasteiger partial charge in [0.1, 0.15) is 5.75 Å². The Labute approximate surface area is 93.6 Å². The third-order valence-electron chi connectivity index (χ3n) is 1.93. The SMILES string of the molecule is CNC(=O)NCc1ccc(OC)cc1Cl. The summed E-state index contributed by atoms with van der Waals surface area (Å²) in [5, 5.41) is 5.69. The van der Waals surface area contributed by atoms with Crippen LogP contribution in [-0.2, 0) is 6.54 Å². The molecular formula is C10H13ClN2O2. The average Bonchev–Trinajstić information content (AvgIpc) is 2.26. The highest BCUT2D eigenvalue weighted by atomic mass is 35.5. The smallest absolute Gasteiger partial charge is 0.314 e. The van der Waals surface area contributed by atoms with Gasteiger partial charge in [0.15, 0.2) is 0 Å². The first kappa shape index (κ1) is 11.7. The van der Waals surface area contributed by atoms with Gasteiger partial charge in [0.25, 0.3) is 0 Å². The van der Waals surface area contributed by atoms with Crippen molar-refractivity contribution < 1.29 is 9.53 Å². The minimum absolute atomic E-state index is 0.234. The second kappa shape index (κ2) is 5.46. The van der Waals surface area contributed by atoms with Crippen LogP contribution in [-0.4, -0.2) is 20.2 Å². The maximum Gasteiger partial charge on any atom is 0.314 e. The van der Waals surface area contributed by atoms with Gasteiger partial charge in [0.2, 0.25) is 0 Å². The number of nitrogens with one attached hydrogen (secondary N) is 2. The van der Waals surface area contributed by atoms with Crippen molar-refractivity contribution in [3.05, 3.63) is 28.8 Å². The minimum Gasteiger partial charge on any atom is -0.497 e. The normalized spacial score (nSPS) is 9.53. The number of carbonyl (C=O) groups excluding carboxylic acids is 1. The molecule has 0 fully saturated rings. The molecular weight excluding hydrogens is 216 g/mol. The number of amides is 2. The van der Waals surface area contributed by atoms with E-state index in [0.29, 0.717) is 17.3 Å². The minimum atomic E-state index is -0.234. The lowest BCUT2D eigenvalue weighted by Crippen LogP contribution is -2.32. The van der Waals surface area contributed by atoms with Gasteiger partial charge in [-0.05, 0) is 17.7 Å². The first-order chi connectivity index (χ1) is 7.17. The van der Waals surface area contributed by atoms with Gasteiger partial charge in [-0.2, -0.15) is 0 Å². The number of hydrogen-bond acceptors (Lipinski definition) is 2. The average molecular weight is 229 g/mol. The van der Waals surface area contributed by atoms with Crippen LogP contribution in [0, 0.1) is 0 Å². The van der Waals surface area contributed by atoms with Crippen molar-refractivity contribution in [2.45, 2.75) is 6.54 Å². The Hall–Kier alpha value is -1.42. The van der Waals surface area contributed by atoms with E-state index in [4.69, 9.17) is 16.3 Å². The second-order valence-electron chi connectivity index (χ2n) is 2.89. The summed E-state index contributed by atoms with van der Waals surface area (Å²) in [4.78, 5) is 10.9. The number of hydrogen-bond donors (Lipinski definition) is 2. The molecule has 0 bridgehead atoms. The molecule has 0 radical (unpaired) electrons. The zero-order valence-electron chi connectivity index (χ0n) is 8.63. The van der Waals surface area contributed by atoms with E-state index in [1.807, 2.05) is 6.07 Å². The molecule has 15 heavy (non-hydrogen) atoms. The Bertz CT molecular complexity index is 355. The van der Waals surface area contributed by atoms with Crippen LogP contribution < -0.4 is 15.4 Å². The second-order valence-corrected chi connectivity index (χ2v) is 3.30. The van der Waals surface area contributed by atoms with E-state index >= 15 is 0 Å². The molecule has 0 spiro atoms. The summed E-state index contributed by atoms with van der Waals surface area (Å²) in [5.41, 5.74) is 0.848. The summed E-state index contributed by atoms with van der Waals surface area (Å²) in [7, 11) is 3.14. The monoisotopic (exact) mass is 228 g/mol. The fraction of sp³-hybridized carbons (Fsp3) is 0.300. The van der Waals surface area contributed by atoms with Crippen LogP contribution >= 0.6 is 11.6 Å². The molecule has 4 nitrogen and oxygen atoms in total. The fourth-order valence-corrected chi connectivity index (χ4v) is 1.30. The van der Waals surface area contributed by atoms with Gasteiger partial charge < -0.3 is 15.4 Å². The summed E-state index contributed by atoms with van der Waals surface area (Å²) >= 11 is 5.98. The van der Waals surface area contributed by atoms with Crippen LogP contribution in [0.2, 0.25) is 5.02 Å². The van der Waals surface area contributed by atoms with Crippen molar-refractivity contribution in [1.29, 1.82) is 0 Å². The van der Waals surface area contributed by atoms with Crippen LogP contribution in [0.15, 0.2) is 18.2 Å². The van der Waals surface area contributed by atoms with Gasteiger partial charge in [-0.25, -0.2) is 4.79 Å². The standard InChI is InChI=1S/C10H13ClN2O2/c1-12-10(14)13-6-7-3-4-8(15-2)5-9(7)11/h3-5H,6H2,1-2H3,(H2,12,13,14). The maximum absolute atomic E-state index is 10.9. The molecule has 0 heterocycles. The molecule has 5 heteroatoms. The van der Waals surface area contributed by atoms with Crippen LogP contribution in [0.25, 0.3) is 0 Å². The highest BCUT2D eigenvalue weighted by molar-refractivity contribution is 6.31. The molecule has 2 N–H and O–H groups in total. The lowest BCUT2D eigenvalue weighted by atomic mass is 10.2. The molecule has 0 aliphatic heterocycles. The van der Waals surface area contributed by atoms with E-state index in [1.165, 1.54) is 0 Å². The van der Waals surface area contributed by atoms with Crippen molar-refractivity contribution in [2.75, 3.05) is 14.2 Å². The van der Waals surface area contributed by atoms with Gasteiger partial charge in [-0.3, -0.25) is 0 Å². The van der Waals surface area contributed by atoms with Crippen LogP contribution in [0.1, 0.15) is 5.56 Å². The molecule has 0 saturated carbocycles. The first-order valence-electron chi connectivity index (χ1n) is 4.45.